The van der Waals surface area contributed by atoms with Gasteiger partial charge in [0, 0.05) is 31.7 Å². The molecule has 0 spiro atoms. The number of carbonyl (C=O) groups is 2. The molecule has 1 atom stereocenters. The van der Waals surface area contributed by atoms with E-state index in [1.54, 1.807) is 12.1 Å². The topological polar surface area (TPSA) is 96.0 Å². The Morgan fingerprint density at radius 1 is 1.12 bits per heavy atom. The monoisotopic (exact) mass is 475 g/mol. The van der Waals surface area contributed by atoms with Crippen LogP contribution in [0.25, 0.3) is 0 Å². The van der Waals surface area contributed by atoms with Crippen molar-refractivity contribution < 1.29 is 27.1 Å². The Balaban J connectivity index is 1.52. The second-order valence-electron chi connectivity index (χ2n) is 8.18. The Labute approximate surface area is 192 Å². The maximum absolute atomic E-state index is 14.1. The Morgan fingerprint density at radius 2 is 1.85 bits per heavy atom. The van der Waals surface area contributed by atoms with Crippen LogP contribution in [0.15, 0.2) is 47.4 Å². The van der Waals surface area contributed by atoms with E-state index in [0.717, 1.165) is 19.3 Å². The molecule has 1 N–H and O–H groups in total. The number of para-hydroxylation sites is 1. The van der Waals surface area contributed by atoms with E-state index in [1.165, 1.54) is 46.6 Å². The van der Waals surface area contributed by atoms with Gasteiger partial charge < -0.3 is 15.0 Å². The van der Waals surface area contributed by atoms with E-state index >= 15 is 0 Å². The molecule has 0 bridgehead atoms. The highest BCUT2D eigenvalue weighted by Crippen LogP contribution is 2.32. The molecule has 2 fully saturated rings. The van der Waals surface area contributed by atoms with Crippen LogP contribution in [0.1, 0.15) is 25.7 Å². The fraction of sp³-hybridized carbons (Fsp3) is 0.391. The van der Waals surface area contributed by atoms with Crippen molar-refractivity contribution in [1.29, 1.82) is 0 Å². The fourth-order valence-corrected chi connectivity index (χ4v) is 5.93. The summed E-state index contributed by atoms with van der Waals surface area (Å²) in [6.07, 6.45) is 2.52. The van der Waals surface area contributed by atoms with Gasteiger partial charge in [0.2, 0.25) is 21.8 Å². The van der Waals surface area contributed by atoms with Gasteiger partial charge in [-0.2, -0.15) is 4.31 Å². The van der Waals surface area contributed by atoms with E-state index in [9.17, 15) is 22.4 Å². The number of hydrogen-bond acceptors (Lipinski definition) is 5. The molecule has 2 aromatic carbocycles. The summed E-state index contributed by atoms with van der Waals surface area (Å²) in [6.45, 7) is 0.928. The summed E-state index contributed by atoms with van der Waals surface area (Å²) in [5, 5.41) is 2.71. The SMILES string of the molecule is COc1ccc(NC(=O)[C@@H]2CC(=O)N(c3ccccc3F)C2)cc1S(=O)(=O)N1CCCCC1. The van der Waals surface area contributed by atoms with Crippen molar-refractivity contribution >= 4 is 33.2 Å². The lowest BCUT2D eigenvalue weighted by atomic mass is 10.1. The molecule has 2 aliphatic heterocycles. The quantitative estimate of drug-likeness (QED) is 0.693. The predicted molar refractivity (Wildman–Crippen MR) is 121 cm³/mol. The number of sulfonamides is 1. The molecule has 2 aliphatic rings. The molecule has 4 rings (SSSR count). The zero-order valence-electron chi connectivity index (χ0n) is 18.3. The molecule has 0 radical (unpaired) electrons. The van der Waals surface area contributed by atoms with Gasteiger partial charge in [0.15, 0.2) is 0 Å². The summed E-state index contributed by atoms with van der Waals surface area (Å²) >= 11 is 0. The zero-order valence-corrected chi connectivity index (χ0v) is 19.1. The van der Waals surface area contributed by atoms with Crippen LogP contribution in [0.2, 0.25) is 0 Å². The first-order valence-electron chi connectivity index (χ1n) is 10.8. The van der Waals surface area contributed by atoms with Crippen LogP contribution in [0, 0.1) is 11.7 Å². The van der Waals surface area contributed by atoms with Crippen LogP contribution < -0.4 is 15.0 Å². The third-order valence-electron chi connectivity index (χ3n) is 6.00. The van der Waals surface area contributed by atoms with Gasteiger partial charge in [0.1, 0.15) is 16.5 Å². The third-order valence-corrected chi connectivity index (χ3v) is 7.92. The van der Waals surface area contributed by atoms with Gasteiger partial charge in [-0.3, -0.25) is 9.59 Å². The first kappa shape index (κ1) is 23.2. The Morgan fingerprint density at radius 3 is 2.55 bits per heavy atom. The van der Waals surface area contributed by atoms with Crippen molar-refractivity contribution in [2.24, 2.45) is 5.92 Å². The first-order valence-corrected chi connectivity index (χ1v) is 12.3. The average molecular weight is 476 g/mol. The largest absolute Gasteiger partial charge is 0.495 e. The Hall–Kier alpha value is -2.98. The number of benzene rings is 2. The molecule has 2 heterocycles. The number of halogens is 1. The van der Waals surface area contributed by atoms with E-state index in [1.807, 2.05) is 0 Å². The molecular weight excluding hydrogens is 449 g/mol. The number of hydrogen-bond donors (Lipinski definition) is 1. The molecule has 0 unspecified atom stereocenters. The number of methoxy groups -OCH3 is 1. The van der Waals surface area contributed by atoms with Gasteiger partial charge in [-0.1, -0.05) is 18.6 Å². The van der Waals surface area contributed by atoms with Gasteiger partial charge in [0.05, 0.1) is 18.7 Å². The minimum Gasteiger partial charge on any atom is -0.495 e. The van der Waals surface area contributed by atoms with E-state index < -0.39 is 27.7 Å². The molecule has 0 saturated carbocycles. The van der Waals surface area contributed by atoms with Crippen LogP contribution in [-0.2, 0) is 19.6 Å². The normalized spacial score (nSPS) is 19.5. The molecule has 176 valence electrons. The fourth-order valence-electron chi connectivity index (χ4n) is 4.23. The number of carbonyl (C=O) groups excluding carboxylic acids is 2. The molecule has 2 aromatic rings. The highest BCUT2D eigenvalue weighted by atomic mass is 32.2. The number of anilines is 2. The van der Waals surface area contributed by atoms with Crippen molar-refractivity contribution in [2.75, 3.05) is 37.0 Å². The van der Waals surface area contributed by atoms with Crippen molar-refractivity contribution in [1.82, 2.24) is 4.31 Å². The van der Waals surface area contributed by atoms with Gasteiger partial charge in [-0.15, -0.1) is 0 Å². The van der Waals surface area contributed by atoms with Crippen LogP contribution in [0.5, 0.6) is 5.75 Å². The standard InChI is InChI=1S/C23H26FN3O5S/c1-32-20-10-9-17(14-21(20)33(30,31)26-11-5-2-6-12-26)25-23(29)16-13-22(28)27(15-16)19-8-4-3-7-18(19)24/h3-4,7-10,14,16H,2,5-6,11-13,15H2,1H3,(H,25,29)/t16-/m1/s1. The summed E-state index contributed by atoms with van der Waals surface area (Å²) in [4.78, 5) is 26.5. The Kier molecular flexibility index (Phi) is 6.66. The summed E-state index contributed by atoms with van der Waals surface area (Å²) in [5.41, 5.74) is 0.422. The smallest absolute Gasteiger partial charge is 0.246 e. The molecular formula is C23H26FN3O5S. The second kappa shape index (κ2) is 9.48. The van der Waals surface area contributed by atoms with Gasteiger partial charge >= 0.3 is 0 Å². The predicted octanol–water partition coefficient (Wildman–Crippen LogP) is 3.00. The second-order valence-corrected chi connectivity index (χ2v) is 10.1. The van der Waals surface area contributed by atoms with Gasteiger partial charge in [-0.25, -0.2) is 12.8 Å². The molecule has 0 aliphatic carbocycles. The summed E-state index contributed by atoms with van der Waals surface area (Å²) in [5.74, 6) is -1.81. The number of amides is 2. The summed E-state index contributed by atoms with van der Waals surface area (Å²) in [7, 11) is -2.39. The van der Waals surface area contributed by atoms with Crippen molar-refractivity contribution in [2.45, 2.75) is 30.6 Å². The highest BCUT2D eigenvalue weighted by molar-refractivity contribution is 7.89. The minimum absolute atomic E-state index is 0.0137. The molecule has 10 heteroatoms. The summed E-state index contributed by atoms with van der Waals surface area (Å²) < 4.78 is 47.2. The van der Waals surface area contributed by atoms with E-state index in [0.29, 0.717) is 13.1 Å². The number of nitrogens with one attached hydrogen (secondary N) is 1. The molecule has 2 saturated heterocycles. The van der Waals surface area contributed by atoms with Crippen molar-refractivity contribution in [3.63, 3.8) is 0 Å². The lowest BCUT2D eigenvalue weighted by Crippen LogP contribution is -2.35. The Bertz CT molecular complexity index is 1160. The molecule has 8 nitrogen and oxygen atoms in total. The maximum atomic E-state index is 14.1. The van der Waals surface area contributed by atoms with E-state index in [2.05, 4.69) is 5.32 Å². The minimum atomic E-state index is -3.79. The van der Waals surface area contributed by atoms with Crippen molar-refractivity contribution in [3.05, 3.63) is 48.3 Å². The maximum Gasteiger partial charge on any atom is 0.246 e. The van der Waals surface area contributed by atoms with E-state index in [4.69, 9.17) is 4.74 Å². The number of ether oxygens (including phenoxy) is 1. The third kappa shape index (κ3) is 4.72. The van der Waals surface area contributed by atoms with Crippen LogP contribution in [0.4, 0.5) is 15.8 Å². The molecule has 33 heavy (non-hydrogen) atoms. The highest BCUT2D eigenvalue weighted by Gasteiger charge is 2.36. The molecule has 2 amide bonds. The van der Waals surface area contributed by atoms with Crippen LogP contribution >= 0.6 is 0 Å². The molecule has 0 aromatic heterocycles. The number of rotatable bonds is 6. The average Bonchev–Trinajstić information content (AvgIpc) is 3.21. The number of nitrogens with zero attached hydrogens (tertiary/aromatic N) is 2. The lowest BCUT2D eigenvalue weighted by molar-refractivity contribution is -0.122. The van der Waals surface area contributed by atoms with Crippen LogP contribution in [-0.4, -0.2) is 51.3 Å². The van der Waals surface area contributed by atoms with Gasteiger partial charge in [0.25, 0.3) is 0 Å². The van der Waals surface area contributed by atoms with Crippen LogP contribution in [0.3, 0.4) is 0 Å². The van der Waals surface area contributed by atoms with E-state index in [-0.39, 0.29) is 40.9 Å². The van der Waals surface area contributed by atoms with Gasteiger partial charge in [-0.05, 0) is 43.2 Å². The zero-order chi connectivity index (χ0) is 23.6. The first-order chi connectivity index (χ1) is 15.8. The number of piperidine rings is 1. The lowest BCUT2D eigenvalue weighted by Gasteiger charge is -2.26. The van der Waals surface area contributed by atoms with Crippen molar-refractivity contribution in [3.8, 4) is 5.75 Å². The summed E-state index contributed by atoms with van der Waals surface area (Å²) in [6, 6.07) is 10.3.